The monoisotopic (exact) mass is 176 g/mol. The molecule has 0 saturated carbocycles. The number of nitrogens with zero attached hydrogens (tertiary/aromatic N) is 2. The van der Waals surface area contributed by atoms with Crippen molar-refractivity contribution in [1.82, 2.24) is 9.55 Å². The molecule has 0 radical (unpaired) electrons. The van der Waals surface area contributed by atoms with E-state index >= 15 is 0 Å². The summed E-state index contributed by atoms with van der Waals surface area (Å²) in [6.07, 6.45) is 8.37. The molecule has 0 aliphatic carbocycles. The van der Waals surface area contributed by atoms with Crippen molar-refractivity contribution in [3.63, 3.8) is 0 Å². The van der Waals surface area contributed by atoms with Gasteiger partial charge in [0.1, 0.15) is 0 Å². The number of unbranched alkanes of at least 4 members (excludes halogenated alkanes) is 1. The molecule has 1 aromatic rings. The molecule has 0 bridgehead atoms. The summed E-state index contributed by atoms with van der Waals surface area (Å²) in [5.41, 5.74) is 0.551. The Morgan fingerprint density at radius 3 is 3.08 bits per heavy atom. The van der Waals surface area contributed by atoms with Crippen molar-refractivity contribution >= 4 is 0 Å². The van der Waals surface area contributed by atoms with E-state index in [1.165, 1.54) is 0 Å². The zero-order valence-electron chi connectivity index (χ0n) is 7.66. The minimum atomic E-state index is -0.197. The molecular weight excluding hydrogens is 164 g/mol. The third kappa shape index (κ3) is 2.75. The average molecular weight is 176 g/mol. The van der Waals surface area contributed by atoms with E-state index in [0.29, 0.717) is 13.0 Å². The normalized spacial score (nSPS) is 9.54. The van der Waals surface area contributed by atoms with E-state index in [0.717, 1.165) is 12.1 Å². The van der Waals surface area contributed by atoms with Gasteiger partial charge in [-0.2, -0.15) is 4.98 Å². The summed E-state index contributed by atoms with van der Waals surface area (Å²) in [6, 6.07) is 1.82. The SMILES string of the molecule is C#CCCCn1ccc(C)nc1=O. The molecule has 68 valence electrons. The summed E-state index contributed by atoms with van der Waals surface area (Å²) in [4.78, 5) is 15.0. The Morgan fingerprint density at radius 2 is 2.46 bits per heavy atom. The van der Waals surface area contributed by atoms with Crippen LogP contribution >= 0.6 is 0 Å². The fourth-order valence-electron chi connectivity index (χ4n) is 1.04. The van der Waals surface area contributed by atoms with Crippen LogP contribution in [0.25, 0.3) is 0 Å². The molecule has 0 aliphatic rings. The molecule has 3 nitrogen and oxygen atoms in total. The summed E-state index contributed by atoms with van der Waals surface area (Å²) in [5.74, 6) is 2.53. The average Bonchev–Trinajstić information content (AvgIpc) is 2.09. The van der Waals surface area contributed by atoms with Gasteiger partial charge in [0.05, 0.1) is 0 Å². The Bertz CT molecular complexity index is 373. The Hall–Kier alpha value is -1.56. The van der Waals surface area contributed by atoms with Crippen molar-refractivity contribution in [3.05, 3.63) is 28.4 Å². The maximum Gasteiger partial charge on any atom is 0.347 e. The summed E-state index contributed by atoms with van der Waals surface area (Å²) in [7, 11) is 0. The molecule has 1 aromatic heterocycles. The molecule has 0 N–H and O–H groups in total. The fraction of sp³-hybridized carbons (Fsp3) is 0.400. The van der Waals surface area contributed by atoms with Crippen molar-refractivity contribution in [2.24, 2.45) is 0 Å². The van der Waals surface area contributed by atoms with Crippen molar-refractivity contribution in [2.75, 3.05) is 0 Å². The third-order valence-electron chi connectivity index (χ3n) is 1.73. The highest BCUT2D eigenvalue weighted by atomic mass is 16.1. The first-order chi connectivity index (χ1) is 6.24. The molecule has 0 fully saturated rings. The first-order valence-electron chi connectivity index (χ1n) is 4.21. The van der Waals surface area contributed by atoms with Gasteiger partial charge in [0.2, 0.25) is 0 Å². The minimum Gasteiger partial charge on any atom is -0.299 e. The van der Waals surface area contributed by atoms with Gasteiger partial charge in [-0.1, -0.05) is 0 Å². The van der Waals surface area contributed by atoms with E-state index in [1.54, 1.807) is 17.7 Å². The van der Waals surface area contributed by atoms with Gasteiger partial charge in [-0.05, 0) is 19.4 Å². The molecule has 1 rings (SSSR count). The van der Waals surface area contributed by atoms with Gasteiger partial charge in [0.25, 0.3) is 0 Å². The molecule has 0 saturated heterocycles. The lowest BCUT2D eigenvalue weighted by Crippen LogP contribution is -2.22. The zero-order chi connectivity index (χ0) is 9.68. The molecule has 3 heteroatoms. The smallest absolute Gasteiger partial charge is 0.299 e. The highest BCUT2D eigenvalue weighted by molar-refractivity contribution is 4.95. The predicted octanol–water partition coefficient (Wildman–Crippen LogP) is 0.965. The highest BCUT2D eigenvalue weighted by Gasteiger charge is 1.95. The second-order valence-electron chi connectivity index (χ2n) is 2.85. The number of terminal acetylenes is 1. The summed E-state index contributed by atoms with van der Waals surface area (Å²) in [6.45, 7) is 2.45. The van der Waals surface area contributed by atoms with Gasteiger partial charge in [-0.25, -0.2) is 4.79 Å². The maximum atomic E-state index is 11.2. The summed E-state index contributed by atoms with van der Waals surface area (Å²) < 4.78 is 1.57. The Kier molecular flexibility index (Phi) is 3.27. The number of hydrogen-bond donors (Lipinski definition) is 0. The van der Waals surface area contributed by atoms with Crippen LogP contribution in [0, 0.1) is 19.3 Å². The van der Waals surface area contributed by atoms with Crippen LogP contribution in [0.4, 0.5) is 0 Å². The van der Waals surface area contributed by atoms with Crippen molar-refractivity contribution in [3.8, 4) is 12.3 Å². The Labute approximate surface area is 77.4 Å². The van der Waals surface area contributed by atoms with E-state index in [4.69, 9.17) is 6.42 Å². The summed E-state index contributed by atoms with van der Waals surface area (Å²) >= 11 is 0. The van der Waals surface area contributed by atoms with Gasteiger partial charge in [0.15, 0.2) is 0 Å². The quantitative estimate of drug-likeness (QED) is 0.508. The lowest BCUT2D eigenvalue weighted by atomic mass is 10.3. The second-order valence-corrected chi connectivity index (χ2v) is 2.85. The molecule has 13 heavy (non-hydrogen) atoms. The van der Waals surface area contributed by atoms with Crippen LogP contribution in [-0.2, 0) is 6.54 Å². The molecular formula is C10H12N2O. The topological polar surface area (TPSA) is 34.9 Å². The van der Waals surface area contributed by atoms with Crippen molar-refractivity contribution < 1.29 is 0 Å². The number of rotatable bonds is 3. The van der Waals surface area contributed by atoms with Crippen LogP contribution in [-0.4, -0.2) is 9.55 Å². The van der Waals surface area contributed by atoms with Crippen molar-refractivity contribution in [1.29, 1.82) is 0 Å². The van der Waals surface area contributed by atoms with E-state index in [-0.39, 0.29) is 5.69 Å². The van der Waals surface area contributed by atoms with E-state index in [2.05, 4.69) is 10.9 Å². The van der Waals surface area contributed by atoms with Crippen LogP contribution in [0.15, 0.2) is 17.1 Å². The first kappa shape index (κ1) is 9.53. The van der Waals surface area contributed by atoms with Crippen molar-refractivity contribution in [2.45, 2.75) is 26.3 Å². The Morgan fingerprint density at radius 1 is 1.69 bits per heavy atom. The number of aryl methyl sites for hydroxylation is 2. The van der Waals surface area contributed by atoms with E-state index in [9.17, 15) is 4.79 Å². The standard InChI is InChI=1S/C10H12N2O/c1-3-4-5-7-12-8-6-9(2)11-10(12)13/h1,6,8H,4-5,7H2,2H3. The van der Waals surface area contributed by atoms with Crippen LogP contribution in [0.1, 0.15) is 18.5 Å². The number of aromatic nitrogens is 2. The van der Waals surface area contributed by atoms with E-state index in [1.807, 2.05) is 6.07 Å². The summed E-state index contributed by atoms with van der Waals surface area (Å²) in [5, 5.41) is 0. The molecule has 0 aliphatic heterocycles. The van der Waals surface area contributed by atoms with Crippen LogP contribution in [0.3, 0.4) is 0 Å². The first-order valence-corrected chi connectivity index (χ1v) is 4.21. The molecule has 0 aromatic carbocycles. The minimum absolute atomic E-state index is 0.197. The lowest BCUT2D eigenvalue weighted by Gasteiger charge is -2.02. The third-order valence-corrected chi connectivity index (χ3v) is 1.73. The lowest BCUT2D eigenvalue weighted by molar-refractivity contribution is 0.614. The molecule has 1 heterocycles. The predicted molar refractivity (Wildman–Crippen MR) is 51.3 cm³/mol. The van der Waals surface area contributed by atoms with Gasteiger partial charge in [0, 0.05) is 24.9 Å². The largest absolute Gasteiger partial charge is 0.347 e. The Balaban J connectivity index is 2.68. The molecule has 0 atom stereocenters. The van der Waals surface area contributed by atoms with Gasteiger partial charge >= 0.3 is 5.69 Å². The maximum absolute atomic E-state index is 11.2. The van der Waals surface area contributed by atoms with Crippen LogP contribution in [0.5, 0.6) is 0 Å². The zero-order valence-corrected chi connectivity index (χ0v) is 7.66. The second kappa shape index (κ2) is 4.46. The molecule has 0 spiro atoms. The molecule has 0 amide bonds. The van der Waals surface area contributed by atoms with E-state index < -0.39 is 0 Å². The van der Waals surface area contributed by atoms with Gasteiger partial charge in [-0.3, -0.25) is 4.57 Å². The highest BCUT2D eigenvalue weighted by Crippen LogP contribution is 1.92. The number of hydrogen-bond acceptors (Lipinski definition) is 2. The van der Waals surface area contributed by atoms with Gasteiger partial charge < -0.3 is 0 Å². The van der Waals surface area contributed by atoms with Gasteiger partial charge in [-0.15, -0.1) is 12.3 Å². The van der Waals surface area contributed by atoms with Crippen LogP contribution < -0.4 is 5.69 Å². The molecule has 0 unspecified atom stereocenters. The fourth-order valence-corrected chi connectivity index (χ4v) is 1.04. The van der Waals surface area contributed by atoms with Crippen LogP contribution in [0.2, 0.25) is 0 Å².